The van der Waals surface area contributed by atoms with E-state index >= 15 is 0 Å². The first-order chi connectivity index (χ1) is 2.89. The standard InChI is InChI=1S/C2H5N2O2/c5-4-3-1-2-6-4/h1-2H2,(H,3,5)/q+1. The van der Waals surface area contributed by atoms with Crippen LogP contribution in [0, 0.1) is 4.91 Å². The Kier molecular flexibility index (Phi) is 0.633. The Bertz CT molecular complexity index is 63.9. The van der Waals surface area contributed by atoms with Gasteiger partial charge in [0.2, 0.25) is 0 Å². The molecule has 0 unspecified atom stereocenters. The summed E-state index contributed by atoms with van der Waals surface area (Å²) in [4.78, 5) is 14.1. The fraction of sp³-hybridized carbons (Fsp3) is 1.00. The first-order valence-corrected chi connectivity index (χ1v) is 1.73. The summed E-state index contributed by atoms with van der Waals surface area (Å²) >= 11 is 0. The van der Waals surface area contributed by atoms with Crippen LogP contribution in [-0.2, 0) is 4.84 Å². The molecule has 0 atom stereocenters. The Morgan fingerprint density at radius 3 is 2.83 bits per heavy atom. The Hall–Kier alpha value is -0.800. The van der Waals surface area contributed by atoms with Gasteiger partial charge in [0.05, 0.1) is 0 Å². The maximum atomic E-state index is 9.83. The van der Waals surface area contributed by atoms with Crippen molar-refractivity contribution in [3.05, 3.63) is 4.91 Å². The van der Waals surface area contributed by atoms with E-state index in [4.69, 9.17) is 0 Å². The summed E-state index contributed by atoms with van der Waals surface area (Å²) in [6.45, 7) is 1.12. The van der Waals surface area contributed by atoms with Gasteiger partial charge >= 0.3 is 5.03 Å². The molecule has 1 aliphatic heterocycles. The van der Waals surface area contributed by atoms with E-state index in [0.717, 1.165) is 0 Å². The highest BCUT2D eigenvalue weighted by atomic mass is 16.8. The molecule has 1 N–H and O–H groups in total. The molecule has 1 saturated heterocycles. The van der Waals surface area contributed by atoms with Crippen molar-refractivity contribution < 1.29 is 9.87 Å². The van der Waals surface area contributed by atoms with Crippen molar-refractivity contribution in [3.8, 4) is 0 Å². The van der Waals surface area contributed by atoms with E-state index in [1.54, 1.807) is 0 Å². The maximum absolute atomic E-state index is 9.83. The SMILES string of the molecule is O=[N+]1NCCO1. The minimum Gasteiger partial charge on any atom is -0.203 e. The minimum atomic E-state index is 0.361. The second-order valence-electron chi connectivity index (χ2n) is 0.998. The van der Waals surface area contributed by atoms with E-state index < -0.39 is 0 Å². The molecule has 0 amide bonds. The fourth-order valence-corrected chi connectivity index (χ4v) is 0.311. The van der Waals surface area contributed by atoms with Crippen LogP contribution >= 0.6 is 0 Å². The van der Waals surface area contributed by atoms with Crippen LogP contribution in [0.15, 0.2) is 0 Å². The molecule has 0 bridgehead atoms. The highest BCUT2D eigenvalue weighted by Gasteiger charge is 2.15. The minimum absolute atomic E-state index is 0.361. The summed E-state index contributed by atoms with van der Waals surface area (Å²) in [5.74, 6) is 0. The largest absolute Gasteiger partial charge is 0.357 e. The lowest BCUT2D eigenvalue weighted by Crippen LogP contribution is -2.14. The Morgan fingerprint density at radius 1 is 1.83 bits per heavy atom. The van der Waals surface area contributed by atoms with Crippen molar-refractivity contribution in [2.75, 3.05) is 13.2 Å². The molecule has 0 radical (unpaired) electrons. The molecule has 0 aromatic rings. The molecule has 4 nitrogen and oxygen atoms in total. The molecular weight excluding hydrogens is 84.0 g/mol. The van der Waals surface area contributed by atoms with Crippen molar-refractivity contribution in [1.82, 2.24) is 5.43 Å². The predicted octanol–water partition coefficient (Wildman–Crippen LogP) is -0.785. The van der Waals surface area contributed by atoms with Gasteiger partial charge in [0.1, 0.15) is 11.5 Å². The van der Waals surface area contributed by atoms with Gasteiger partial charge in [-0.1, -0.05) is 5.43 Å². The van der Waals surface area contributed by atoms with Crippen LogP contribution in [0.1, 0.15) is 0 Å². The highest BCUT2D eigenvalue weighted by Crippen LogP contribution is 1.78. The molecule has 0 aromatic heterocycles. The van der Waals surface area contributed by atoms with Crippen molar-refractivity contribution in [1.29, 1.82) is 0 Å². The molecule has 1 heterocycles. The van der Waals surface area contributed by atoms with E-state index in [2.05, 4.69) is 10.3 Å². The molecule has 1 rings (SSSR count). The van der Waals surface area contributed by atoms with Crippen LogP contribution in [0.2, 0.25) is 0 Å². The fourth-order valence-electron chi connectivity index (χ4n) is 0.311. The number of nitrogens with zero attached hydrogens (tertiary/aromatic N) is 1. The van der Waals surface area contributed by atoms with Crippen LogP contribution in [-0.4, -0.2) is 18.2 Å². The summed E-state index contributed by atoms with van der Waals surface area (Å²) in [7, 11) is 0. The second-order valence-corrected chi connectivity index (χ2v) is 0.998. The lowest BCUT2D eigenvalue weighted by molar-refractivity contribution is -0.818. The summed E-state index contributed by atoms with van der Waals surface area (Å²) in [6, 6.07) is 0. The first kappa shape index (κ1) is 3.39. The Balaban J connectivity index is 2.37. The molecule has 34 valence electrons. The monoisotopic (exact) mass is 89.0 g/mol. The van der Waals surface area contributed by atoms with Crippen LogP contribution in [0.4, 0.5) is 0 Å². The Morgan fingerprint density at radius 2 is 2.67 bits per heavy atom. The van der Waals surface area contributed by atoms with Crippen LogP contribution in [0.5, 0.6) is 0 Å². The highest BCUT2D eigenvalue weighted by molar-refractivity contribution is 4.27. The quantitative estimate of drug-likeness (QED) is 0.423. The van der Waals surface area contributed by atoms with Gasteiger partial charge in [0.15, 0.2) is 6.61 Å². The third kappa shape index (κ3) is 0.403. The van der Waals surface area contributed by atoms with Crippen LogP contribution < -0.4 is 5.43 Å². The summed E-state index contributed by atoms with van der Waals surface area (Å²) < 4.78 is 0. The maximum Gasteiger partial charge on any atom is 0.357 e. The molecule has 0 spiro atoms. The zero-order valence-electron chi connectivity index (χ0n) is 3.18. The number of hydrazine groups is 1. The van der Waals surface area contributed by atoms with Crippen LogP contribution in [0.25, 0.3) is 0 Å². The third-order valence-electron chi connectivity index (χ3n) is 0.552. The number of hydrogen-bond acceptors (Lipinski definition) is 2. The predicted molar refractivity (Wildman–Crippen MR) is 17.6 cm³/mol. The lowest BCUT2D eigenvalue weighted by atomic mass is 10.8. The van der Waals surface area contributed by atoms with Gasteiger partial charge in [-0.2, -0.15) is 0 Å². The third-order valence-corrected chi connectivity index (χ3v) is 0.552. The molecule has 0 aromatic carbocycles. The van der Waals surface area contributed by atoms with Gasteiger partial charge in [-0.15, -0.1) is 0 Å². The normalized spacial score (nSPS) is 19.7. The van der Waals surface area contributed by atoms with E-state index in [1.165, 1.54) is 0 Å². The number of nitrogens with one attached hydrogen (secondary N) is 1. The number of rotatable bonds is 0. The molecule has 0 saturated carbocycles. The second kappa shape index (κ2) is 1.12. The molecule has 4 heteroatoms. The summed E-state index contributed by atoms with van der Waals surface area (Å²) in [6.07, 6.45) is 0. The van der Waals surface area contributed by atoms with Gasteiger partial charge in [0, 0.05) is 0 Å². The van der Waals surface area contributed by atoms with Crippen molar-refractivity contribution in [2.24, 2.45) is 0 Å². The van der Waals surface area contributed by atoms with Gasteiger partial charge in [-0.3, -0.25) is 0 Å². The molecule has 1 aliphatic rings. The topological polar surface area (TPSA) is 41.3 Å². The average Bonchev–Trinajstić information content (AvgIpc) is 1.86. The van der Waals surface area contributed by atoms with E-state index in [1.807, 2.05) is 0 Å². The average molecular weight is 89.1 g/mol. The smallest absolute Gasteiger partial charge is 0.203 e. The van der Waals surface area contributed by atoms with Crippen LogP contribution in [0.3, 0.4) is 0 Å². The molecular formula is C2H5N2O2+. The lowest BCUT2D eigenvalue weighted by Gasteiger charge is -1.66. The van der Waals surface area contributed by atoms with E-state index in [0.29, 0.717) is 18.2 Å². The van der Waals surface area contributed by atoms with Crippen molar-refractivity contribution in [2.45, 2.75) is 0 Å². The number of hydrogen-bond donors (Lipinski definition) is 1. The van der Waals surface area contributed by atoms with Gasteiger partial charge in [-0.25, -0.2) is 4.84 Å². The zero-order valence-corrected chi connectivity index (χ0v) is 3.18. The van der Waals surface area contributed by atoms with E-state index in [-0.39, 0.29) is 0 Å². The molecule has 6 heavy (non-hydrogen) atoms. The summed E-state index contributed by atoms with van der Waals surface area (Å²) in [5.41, 5.74) is 2.38. The molecule has 1 fully saturated rings. The van der Waals surface area contributed by atoms with Gasteiger partial charge in [0.25, 0.3) is 0 Å². The zero-order chi connectivity index (χ0) is 4.41. The van der Waals surface area contributed by atoms with E-state index in [9.17, 15) is 4.91 Å². The van der Waals surface area contributed by atoms with Crippen molar-refractivity contribution >= 4 is 0 Å². The first-order valence-electron chi connectivity index (χ1n) is 1.73. The molecule has 0 aliphatic carbocycles. The Labute approximate surface area is 34.6 Å². The van der Waals surface area contributed by atoms with Gasteiger partial charge in [-0.05, 0) is 0 Å². The van der Waals surface area contributed by atoms with Crippen molar-refractivity contribution in [3.63, 3.8) is 0 Å². The summed E-state index contributed by atoms with van der Waals surface area (Å²) in [5, 5.41) is 0.361. The van der Waals surface area contributed by atoms with Gasteiger partial charge < -0.3 is 0 Å².